The normalized spacial score (nSPS) is 15.1. The Morgan fingerprint density at radius 1 is 0.949 bits per heavy atom. The molecule has 1 aromatic rings. The monoisotopic (exact) mass is 557 g/mol. The van der Waals surface area contributed by atoms with Crippen molar-refractivity contribution in [1.29, 1.82) is 0 Å². The molecular formula is C26H43N3O10. The Kier molecular flexibility index (Phi) is 14.0. The molecule has 1 atom stereocenters. The molecule has 0 aromatic heterocycles. The quantitative estimate of drug-likeness (QED) is 0.125. The van der Waals surface area contributed by atoms with Crippen molar-refractivity contribution in [2.75, 3.05) is 26.4 Å². The first-order chi connectivity index (χ1) is 18.5. The zero-order chi connectivity index (χ0) is 28.8. The van der Waals surface area contributed by atoms with Crippen LogP contribution in [-0.2, 0) is 24.0 Å². The van der Waals surface area contributed by atoms with Gasteiger partial charge in [-0.15, -0.1) is 0 Å². The van der Waals surface area contributed by atoms with Crippen LogP contribution in [0.25, 0.3) is 0 Å². The molecule has 0 spiro atoms. The van der Waals surface area contributed by atoms with Crippen LogP contribution in [0.5, 0.6) is 5.75 Å². The molecule has 4 N–H and O–H groups in total. The number of hydrogen-bond donors (Lipinski definition) is 4. The van der Waals surface area contributed by atoms with Gasteiger partial charge in [0.15, 0.2) is 6.10 Å². The number of amides is 1. The van der Waals surface area contributed by atoms with Crippen molar-refractivity contribution in [2.24, 2.45) is 0 Å². The molecule has 1 aliphatic carbocycles. The smallest absolute Gasteiger partial charge is 0.306 e. The molecule has 13 nitrogen and oxygen atoms in total. The maximum absolute atomic E-state index is 13.1. The van der Waals surface area contributed by atoms with Crippen molar-refractivity contribution in [1.82, 2.24) is 15.7 Å². The standard InChI is InChI=1S/C26H43N3O10/c1-26(2,3)27(24(30)14-8-16-37-28(32)33)18-21(39-25(31)15-9-17-38-29(34)35)19-36-23-13-7-6-12-22(23)20-10-4-5-11-20/h6-7,12-13,20-21,32-35H,4-5,8-11,14-19H2,1-3H3/t21-/m0/s1. The summed E-state index contributed by atoms with van der Waals surface area (Å²) in [6.45, 7) is 5.53. The lowest BCUT2D eigenvalue weighted by Gasteiger charge is -2.38. The highest BCUT2D eigenvalue weighted by atomic mass is 17.1. The predicted molar refractivity (Wildman–Crippen MR) is 136 cm³/mol. The first-order valence-electron chi connectivity index (χ1n) is 13.3. The lowest BCUT2D eigenvalue weighted by molar-refractivity contribution is -0.492. The van der Waals surface area contributed by atoms with Crippen LogP contribution in [0.3, 0.4) is 0 Å². The first kappa shape index (κ1) is 32.8. The van der Waals surface area contributed by atoms with Crippen molar-refractivity contribution in [3.8, 4) is 5.75 Å². The fraction of sp³-hybridized carbons (Fsp3) is 0.692. The molecule has 1 saturated carbocycles. The molecule has 13 heteroatoms. The Hall–Kier alpha value is -2.36. The van der Waals surface area contributed by atoms with E-state index in [0.29, 0.717) is 5.92 Å². The summed E-state index contributed by atoms with van der Waals surface area (Å²) in [5, 5.41) is 33.8. The number of hydrogen-bond acceptors (Lipinski definition) is 12. The van der Waals surface area contributed by atoms with E-state index in [1.165, 1.54) is 12.8 Å². The van der Waals surface area contributed by atoms with E-state index in [0.717, 1.165) is 24.2 Å². The SMILES string of the molecule is CC(C)(C)N(C[C@@H](COc1ccccc1C1CCCC1)OC(=O)CCCON(O)O)C(=O)CCCON(O)O. The van der Waals surface area contributed by atoms with Crippen molar-refractivity contribution < 1.29 is 49.6 Å². The molecule has 1 fully saturated rings. The molecule has 1 aliphatic rings. The van der Waals surface area contributed by atoms with E-state index in [9.17, 15) is 9.59 Å². The van der Waals surface area contributed by atoms with Crippen LogP contribution in [0.1, 0.15) is 83.6 Å². The molecule has 39 heavy (non-hydrogen) atoms. The highest BCUT2D eigenvalue weighted by Gasteiger charge is 2.31. The molecular weight excluding hydrogens is 514 g/mol. The van der Waals surface area contributed by atoms with Gasteiger partial charge in [-0.1, -0.05) is 31.0 Å². The van der Waals surface area contributed by atoms with Crippen LogP contribution < -0.4 is 4.74 Å². The lowest BCUT2D eigenvalue weighted by Crippen LogP contribution is -2.51. The predicted octanol–water partition coefficient (Wildman–Crippen LogP) is 3.85. The number of carbonyl (C=O) groups is 2. The van der Waals surface area contributed by atoms with Gasteiger partial charge >= 0.3 is 5.97 Å². The van der Waals surface area contributed by atoms with Gasteiger partial charge < -0.3 is 14.4 Å². The maximum atomic E-state index is 13.1. The van der Waals surface area contributed by atoms with E-state index >= 15 is 0 Å². The van der Waals surface area contributed by atoms with Crippen LogP contribution in [0.4, 0.5) is 0 Å². The Labute approximate surface area is 229 Å². The van der Waals surface area contributed by atoms with Gasteiger partial charge in [-0.25, -0.2) is 0 Å². The number of para-hydroxylation sites is 1. The second-order valence-corrected chi connectivity index (χ2v) is 10.5. The van der Waals surface area contributed by atoms with Gasteiger partial charge in [-0.05, 0) is 64.0 Å². The van der Waals surface area contributed by atoms with E-state index < -0.39 is 28.4 Å². The Balaban J connectivity index is 2.11. The van der Waals surface area contributed by atoms with Crippen LogP contribution >= 0.6 is 0 Å². The molecule has 0 radical (unpaired) electrons. The van der Waals surface area contributed by atoms with E-state index in [4.69, 9.17) is 30.3 Å². The van der Waals surface area contributed by atoms with Gasteiger partial charge in [0.2, 0.25) is 5.91 Å². The summed E-state index contributed by atoms with van der Waals surface area (Å²) in [7, 11) is 0. The lowest BCUT2D eigenvalue weighted by atomic mass is 9.97. The molecule has 2 rings (SSSR count). The van der Waals surface area contributed by atoms with Crippen molar-refractivity contribution in [3.63, 3.8) is 0 Å². The third kappa shape index (κ3) is 12.6. The highest BCUT2D eigenvalue weighted by molar-refractivity contribution is 5.77. The van der Waals surface area contributed by atoms with E-state index in [2.05, 4.69) is 15.7 Å². The molecule has 222 valence electrons. The topological polar surface area (TPSA) is 162 Å². The Bertz CT molecular complexity index is 872. The highest BCUT2D eigenvalue weighted by Crippen LogP contribution is 2.38. The summed E-state index contributed by atoms with van der Waals surface area (Å²) < 4.78 is 11.9. The van der Waals surface area contributed by atoms with E-state index in [-0.39, 0.29) is 58.0 Å². The minimum absolute atomic E-state index is 0.0278. The van der Waals surface area contributed by atoms with E-state index in [1.807, 2.05) is 39.0 Å². The summed E-state index contributed by atoms with van der Waals surface area (Å²) in [6, 6.07) is 7.84. The molecule has 1 aromatic carbocycles. The molecule has 0 aliphatic heterocycles. The number of rotatable bonds is 17. The van der Waals surface area contributed by atoms with Crippen LogP contribution in [-0.4, -0.2) is 86.4 Å². The second kappa shape index (κ2) is 16.7. The van der Waals surface area contributed by atoms with Gasteiger partial charge in [0, 0.05) is 18.4 Å². The first-order valence-corrected chi connectivity index (χ1v) is 13.3. The maximum Gasteiger partial charge on any atom is 0.306 e. The second-order valence-electron chi connectivity index (χ2n) is 10.5. The van der Waals surface area contributed by atoms with Crippen molar-refractivity contribution >= 4 is 11.9 Å². The molecule has 1 amide bonds. The van der Waals surface area contributed by atoms with Gasteiger partial charge in [-0.2, -0.15) is 0 Å². The number of nitrogens with zero attached hydrogens (tertiary/aromatic N) is 3. The molecule has 0 unspecified atom stereocenters. The molecule has 0 heterocycles. The summed E-state index contributed by atoms with van der Waals surface area (Å²) in [6.07, 6.45) is 4.23. The number of esters is 1. The van der Waals surface area contributed by atoms with Gasteiger partial charge in [0.05, 0.1) is 30.5 Å². The fourth-order valence-electron chi connectivity index (χ4n) is 4.56. The third-order valence-corrected chi connectivity index (χ3v) is 6.41. The summed E-state index contributed by atoms with van der Waals surface area (Å²) in [5.41, 5.74) is 0.518. The van der Waals surface area contributed by atoms with Gasteiger partial charge in [0.25, 0.3) is 0 Å². The van der Waals surface area contributed by atoms with Gasteiger partial charge in [-0.3, -0.25) is 40.1 Å². The number of benzene rings is 1. The minimum atomic E-state index is -0.785. The Morgan fingerprint density at radius 2 is 1.54 bits per heavy atom. The average molecular weight is 558 g/mol. The summed E-state index contributed by atoms with van der Waals surface area (Å²) in [5.74, 6) is 0.386. The van der Waals surface area contributed by atoms with Crippen LogP contribution in [0, 0.1) is 0 Å². The van der Waals surface area contributed by atoms with Crippen LogP contribution in [0.2, 0.25) is 0 Å². The number of ether oxygens (including phenoxy) is 2. The van der Waals surface area contributed by atoms with Crippen molar-refractivity contribution in [2.45, 2.75) is 89.7 Å². The Morgan fingerprint density at radius 3 is 2.13 bits per heavy atom. The molecule has 0 bridgehead atoms. The zero-order valence-electron chi connectivity index (χ0n) is 23.0. The zero-order valence-corrected chi connectivity index (χ0v) is 23.0. The number of carbonyl (C=O) groups excluding carboxylic acids is 2. The largest absolute Gasteiger partial charge is 0.489 e. The minimum Gasteiger partial charge on any atom is -0.489 e. The van der Waals surface area contributed by atoms with Gasteiger partial charge in [0.1, 0.15) is 12.4 Å². The summed E-state index contributed by atoms with van der Waals surface area (Å²) >= 11 is 0. The van der Waals surface area contributed by atoms with Crippen LogP contribution in [0.15, 0.2) is 24.3 Å². The van der Waals surface area contributed by atoms with E-state index in [1.54, 1.807) is 4.90 Å². The van der Waals surface area contributed by atoms with Crippen molar-refractivity contribution in [3.05, 3.63) is 29.8 Å². The summed E-state index contributed by atoms with van der Waals surface area (Å²) in [4.78, 5) is 36.3. The average Bonchev–Trinajstić information content (AvgIpc) is 3.40. The fourth-order valence-corrected chi connectivity index (χ4v) is 4.56. The molecule has 0 saturated heterocycles. The third-order valence-electron chi connectivity index (χ3n) is 6.41.